The highest BCUT2D eigenvalue weighted by Crippen LogP contribution is 2.22. The van der Waals surface area contributed by atoms with E-state index >= 15 is 0 Å². The Kier molecular flexibility index (Phi) is 7.39. The Morgan fingerprint density at radius 3 is 2.38 bits per heavy atom. The predicted molar refractivity (Wildman–Crippen MR) is 111 cm³/mol. The number of carbonyl (C=O) groups excluding carboxylic acids is 1. The van der Waals surface area contributed by atoms with E-state index in [2.05, 4.69) is 17.4 Å². The van der Waals surface area contributed by atoms with Crippen LogP contribution in [-0.2, 0) is 27.0 Å². The number of rotatable bonds is 8. The van der Waals surface area contributed by atoms with Crippen molar-refractivity contribution in [1.29, 1.82) is 0 Å². The molecule has 156 valence electrons. The van der Waals surface area contributed by atoms with Gasteiger partial charge in [-0.3, -0.25) is 4.79 Å². The Hall–Kier alpha value is -2.25. The summed E-state index contributed by atoms with van der Waals surface area (Å²) in [6.45, 7) is 1.19. The van der Waals surface area contributed by atoms with Crippen LogP contribution in [0.1, 0.15) is 30.4 Å². The number of amides is 1. The summed E-state index contributed by atoms with van der Waals surface area (Å²) in [4.78, 5) is 12.4. The molecule has 1 aliphatic rings. The number of sulfonamides is 1. The molecule has 0 unspecified atom stereocenters. The first kappa shape index (κ1) is 21.5. The van der Waals surface area contributed by atoms with E-state index in [1.165, 1.54) is 28.1 Å². The van der Waals surface area contributed by atoms with Crippen LogP contribution in [-0.4, -0.2) is 38.3 Å². The number of benzene rings is 2. The second-order valence-corrected chi connectivity index (χ2v) is 9.37. The molecule has 1 aliphatic heterocycles. The molecule has 0 aromatic heterocycles. The van der Waals surface area contributed by atoms with Crippen molar-refractivity contribution in [3.8, 4) is 0 Å². The van der Waals surface area contributed by atoms with E-state index in [0.717, 1.165) is 12.8 Å². The summed E-state index contributed by atoms with van der Waals surface area (Å²) in [6, 6.07) is 16.0. The van der Waals surface area contributed by atoms with Gasteiger partial charge in [-0.1, -0.05) is 48.5 Å². The molecular weight excluding hydrogens is 391 g/mol. The highest BCUT2D eigenvalue weighted by molar-refractivity contribution is 7.88. The van der Waals surface area contributed by atoms with Crippen molar-refractivity contribution in [3.05, 3.63) is 71.5 Å². The SMILES string of the molecule is O=C(NCCCc1ccccc1)C1CCN(S(=O)(=O)Cc2ccccc2F)CC1. The third-order valence-electron chi connectivity index (χ3n) is 5.30. The van der Waals surface area contributed by atoms with Crippen molar-refractivity contribution in [2.75, 3.05) is 19.6 Å². The topological polar surface area (TPSA) is 66.5 Å². The van der Waals surface area contributed by atoms with Crippen molar-refractivity contribution >= 4 is 15.9 Å². The number of halogens is 1. The average molecular weight is 419 g/mol. The third-order valence-corrected chi connectivity index (χ3v) is 7.13. The molecule has 0 spiro atoms. The molecule has 0 aliphatic carbocycles. The van der Waals surface area contributed by atoms with Gasteiger partial charge < -0.3 is 5.32 Å². The molecule has 1 amide bonds. The molecule has 2 aromatic carbocycles. The van der Waals surface area contributed by atoms with Crippen LogP contribution < -0.4 is 5.32 Å². The minimum Gasteiger partial charge on any atom is -0.356 e. The fourth-order valence-corrected chi connectivity index (χ4v) is 5.17. The van der Waals surface area contributed by atoms with Gasteiger partial charge in [-0.25, -0.2) is 17.1 Å². The van der Waals surface area contributed by atoms with Gasteiger partial charge in [0.2, 0.25) is 15.9 Å². The molecule has 7 heteroatoms. The van der Waals surface area contributed by atoms with Gasteiger partial charge >= 0.3 is 0 Å². The van der Waals surface area contributed by atoms with E-state index in [4.69, 9.17) is 0 Å². The molecule has 3 rings (SSSR count). The second-order valence-electron chi connectivity index (χ2n) is 7.40. The molecular formula is C22H27FN2O3S. The lowest BCUT2D eigenvalue weighted by Gasteiger charge is -2.30. The normalized spacial score (nSPS) is 15.9. The Labute approximate surface area is 172 Å². The molecule has 1 heterocycles. The monoisotopic (exact) mass is 418 g/mol. The molecule has 0 radical (unpaired) electrons. The van der Waals surface area contributed by atoms with E-state index in [1.807, 2.05) is 18.2 Å². The summed E-state index contributed by atoms with van der Waals surface area (Å²) in [6.07, 6.45) is 2.75. The van der Waals surface area contributed by atoms with Gasteiger partial charge in [0, 0.05) is 31.1 Å². The number of nitrogens with one attached hydrogen (secondary N) is 1. The molecule has 29 heavy (non-hydrogen) atoms. The highest BCUT2D eigenvalue weighted by atomic mass is 32.2. The van der Waals surface area contributed by atoms with E-state index in [-0.39, 0.29) is 23.1 Å². The fourth-order valence-electron chi connectivity index (χ4n) is 3.59. The summed E-state index contributed by atoms with van der Waals surface area (Å²) in [7, 11) is -3.60. The first-order valence-corrected chi connectivity index (χ1v) is 11.6. The molecule has 1 fully saturated rings. The fraction of sp³-hybridized carbons (Fsp3) is 0.409. The third kappa shape index (κ3) is 6.11. The molecule has 0 bridgehead atoms. The molecule has 1 saturated heterocycles. The summed E-state index contributed by atoms with van der Waals surface area (Å²) in [5, 5.41) is 2.97. The Morgan fingerprint density at radius 2 is 1.69 bits per heavy atom. The maximum absolute atomic E-state index is 13.8. The molecule has 0 saturated carbocycles. The van der Waals surface area contributed by atoms with Crippen LogP contribution in [0.4, 0.5) is 4.39 Å². The van der Waals surface area contributed by atoms with Crippen molar-refractivity contribution in [3.63, 3.8) is 0 Å². The summed E-state index contributed by atoms with van der Waals surface area (Å²) >= 11 is 0. The van der Waals surface area contributed by atoms with Crippen LogP contribution in [0.25, 0.3) is 0 Å². The first-order chi connectivity index (χ1) is 14.0. The summed E-state index contributed by atoms with van der Waals surface area (Å²) in [5.74, 6) is -1.05. The largest absolute Gasteiger partial charge is 0.356 e. The number of carbonyl (C=O) groups is 1. The van der Waals surface area contributed by atoms with Crippen LogP contribution in [0.5, 0.6) is 0 Å². The van der Waals surface area contributed by atoms with Crippen LogP contribution in [0.2, 0.25) is 0 Å². The molecule has 2 aromatic rings. The minimum absolute atomic E-state index is 0.00999. The predicted octanol–water partition coefficient (Wildman–Crippen LogP) is 3.12. The van der Waals surface area contributed by atoms with Gasteiger partial charge in [0.15, 0.2) is 0 Å². The van der Waals surface area contributed by atoms with E-state index in [0.29, 0.717) is 32.5 Å². The summed E-state index contributed by atoms with van der Waals surface area (Å²) in [5.41, 5.74) is 1.42. The maximum Gasteiger partial charge on any atom is 0.223 e. The standard InChI is InChI=1S/C22H27FN2O3S/c23-21-11-5-4-10-20(21)17-29(27,28)25-15-12-19(13-16-25)22(26)24-14-6-9-18-7-2-1-3-8-18/h1-5,7-8,10-11,19H,6,9,12-17H2,(H,24,26). The number of piperidine rings is 1. The molecule has 5 nitrogen and oxygen atoms in total. The minimum atomic E-state index is -3.60. The van der Waals surface area contributed by atoms with Crippen molar-refractivity contribution < 1.29 is 17.6 Å². The van der Waals surface area contributed by atoms with E-state index < -0.39 is 15.8 Å². The van der Waals surface area contributed by atoms with Crippen LogP contribution in [0, 0.1) is 11.7 Å². The molecule has 1 N–H and O–H groups in total. The lowest BCUT2D eigenvalue weighted by Crippen LogP contribution is -2.43. The van der Waals surface area contributed by atoms with Gasteiger partial charge in [-0.2, -0.15) is 0 Å². The smallest absolute Gasteiger partial charge is 0.223 e. The second kappa shape index (κ2) is 9.98. The van der Waals surface area contributed by atoms with Gasteiger partial charge in [-0.15, -0.1) is 0 Å². The van der Waals surface area contributed by atoms with Crippen LogP contribution >= 0.6 is 0 Å². The number of hydrogen-bond donors (Lipinski definition) is 1. The van der Waals surface area contributed by atoms with E-state index in [9.17, 15) is 17.6 Å². The van der Waals surface area contributed by atoms with Crippen LogP contribution in [0.3, 0.4) is 0 Å². The summed E-state index contributed by atoms with van der Waals surface area (Å²) < 4.78 is 40.3. The zero-order valence-corrected chi connectivity index (χ0v) is 17.2. The zero-order chi connectivity index (χ0) is 20.7. The zero-order valence-electron chi connectivity index (χ0n) is 16.4. The number of hydrogen-bond acceptors (Lipinski definition) is 3. The maximum atomic E-state index is 13.8. The Balaban J connectivity index is 1.42. The average Bonchev–Trinajstić information content (AvgIpc) is 2.73. The Bertz CT molecular complexity index is 911. The van der Waals surface area contributed by atoms with Crippen molar-refractivity contribution in [1.82, 2.24) is 9.62 Å². The lowest BCUT2D eigenvalue weighted by atomic mass is 9.97. The van der Waals surface area contributed by atoms with Gasteiger partial charge in [0.05, 0.1) is 5.75 Å². The van der Waals surface area contributed by atoms with Crippen molar-refractivity contribution in [2.45, 2.75) is 31.4 Å². The quantitative estimate of drug-likeness (QED) is 0.670. The van der Waals surface area contributed by atoms with Crippen molar-refractivity contribution in [2.24, 2.45) is 5.92 Å². The lowest BCUT2D eigenvalue weighted by molar-refractivity contribution is -0.126. The van der Waals surface area contributed by atoms with E-state index in [1.54, 1.807) is 6.07 Å². The van der Waals surface area contributed by atoms with Gasteiger partial charge in [-0.05, 0) is 37.3 Å². The Morgan fingerprint density at radius 1 is 1.03 bits per heavy atom. The molecule has 0 atom stereocenters. The van der Waals surface area contributed by atoms with Crippen LogP contribution in [0.15, 0.2) is 54.6 Å². The first-order valence-electron chi connectivity index (χ1n) is 9.98. The number of aryl methyl sites for hydroxylation is 1. The number of nitrogens with zero attached hydrogens (tertiary/aromatic N) is 1. The highest BCUT2D eigenvalue weighted by Gasteiger charge is 2.31. The van der Waals surface area contributed by atoms with Gasteiger partial charge in [0.1, 0.15) is 5.82 Å². The van der Waals surface area contributed by atoms with Gasteiger partial charge in [0.25, 0.3) is 0 Å².